The number of imide groups is 1. The molecular weight excluding hydrogens is 526 g/mol. The standard InChI is InChI=1S/C17H21NO3.C13H14O.2CO2/c1-10-5-6-11-8-12-9-14(19)18(15(12)13(11)7-10)16(20)21-17(2,3)4;1-8-2-3-9-5-10-6-11(14)7-13(10)12(9)4-8;2*2-1-3/h5-7,12,15H,8-9H2,1-4H3;2-4,10,13H,5-7H2,1H3;;. The summed E-state index contributed by atoms with van der Waals surface area (Å²) in [5, 5.41) is 0. The third-order valence-electron chi connectivity index (χ3n) is 7.81. The molecule has 1 aliphatic heterocycles. The quantitative estimate of drug-likeness (QED) is 0.447. The summed E-state index contributed by atoms with van der Waals surface area (Å²) in [6.45, 7) is 9.60. The van der Waals surface area contributed by atoms with Gasteiger partial charge in [-0.3, -0.25) is 9.59 Å². The number of likely N-dealkylation sites (tertiary alicyclic amines) is 1. The molecule has 2 aromatic rings. The zero-order valence-corrected chi connectivity index (χ0v) is 24.0. The van der Waals surface area contributed by atoms with E-state index in [0.29, 0.717) is 24.0 Å². The van der Waals surface area contributed by atoms with Gasteiger partial charge in [0.2, 0.25) is 5.91 Å². The first-order valence-corrected chi connectivity index (χ1v) is 13.6. The van der Waals surface area contributed by atoms with Crippen LogP contribution in [0.3, 0.4) is 0 Å². The third kappa shape index (κ3) is 7.31. The smallest absolute Gasteiger partial charge is 0.417 e. The van der Waals surface area contributed by atoms with Crippen molar-refractivity contribution < 1.29 is 38.3 Å². The Morgan fingerprint density at radius 1 is 0.780 bits per heavy atom. The first-order chi connectivity index (χ1) is 19.3. The molecule has 41 heavy (non-hydrogen) atoms. The molecule has 1 heterocycles. The molecule has 2 amide bonds. The second kappa shape index (κ2) is 13.0. The first-order valence-electron chi connectivity index (χ1n) is 13.6. The van der Waals surface area contributed by atoms with Crippen LogP contribution < -0.4 is 0 Å². The molecule has 1 saturated heterocycles. The summed E-state index contributed by atoms with van der Waals surface area (Å²) in [4.78, 5) is 69.8. The molecule has 0 radical (unpaired) electrons. The lowest BCUT2D eigenvalue weighted by molar-refractivity contribution is -0.193. The van der Waals surface area contributed by atoms with Gasteiger partial charge in [0.25, 0.3) is 0 Å². The number of ether oxygens (including phenoxy) is 1. The van der Waals surface area contributed by atoms with E-state index >= 15 is 0 Å². The van der Waals surface area contributed by atoms with Crippen molar-refractivity contribution >= 4 is 30.1 Å². The highest BCUT2D eigenvalue weighted by Gasteiger charge is 2.49. The number of ketones is 1. The van der Waals surface area contributed by atoms with Crippen LogP contribution in [0.15, 0.2) is 36.4 Å². The molecule has 6 rings (SSSR count). The van der Waals surface area contributed by atoms with Gasteiger partial charge in [0, 0.05) is 19.3 Å². The second-order valence-corrected chi connectivity index (χ2v) is 11.9. The molecule has 2 aromatic carbocycles. The number of aryl methyl sites for hydroxylation is 2. The maximum atomic E-state index is 12.4. The summed E-state index contributed by atoms with van der Waals surface area (Å²) in [5.74, 6) is 1.72. The van der Waals surface area contributed by atoms with Crippen molar-refractivity contribution in [3.05, 3.63) is 69.8 Å². The van der Waals surface area contributed by atoms with Crippen molar-refractivity contribution in [1.29, 1.82) is 0 Å². The number of amides is 2. The molecule has 0 aromatic heterocycles. The molecule has 1 saturated carbocycles. The SMILES string of the molecule is Cc1ccc2c(c1)C1C(CC(=O)N1C(=O)OC(C)(C)C)C2.Cc1ccc2c(c1)C1CC(=O)CC1C2.O=C=O.O=C=O. The minimum atomic E-state index is -0.594. The van der Waals surface area contributed by atoms with Crippen molar-refractivity contribution in [3.63, 3.8) is 0 Å². The van der Waals surface area contributed by atoms with Crippen LogP contribution in [0.25, 0.3) is 0 Å². The predicted molar refractivity (Wildman–Crippen MR) is 144 cm³/mol. The lowest BCUT2D eigenvalue weighted by Crippen LogP contribution is -2.39. The summed E-state index contributed by atoms with van der Waals surface area (Å²) in [6, 6.07) is 12.8. The molecule has 4 unspecified atom stereocenters. The van der Waals surface area contributed by atoms with Gasteiger partial charge < -0.3 is 4.74 Å². The number of carbonyl (C=O) groups is 3. The van der Waals surface area contributed by atoms with E-state index in [1.165, 1.54) is 27.2 Å². The van der Waals surface area contributed by atoms with Gasteiger partial charge in [0.15, 0.2) is 0 Å². The number of carbonyl (C=O) groups excluding carboxylic acids is 7. The van der Waals surface area contributed by atoms with E-state index in [1.807, 2.05) is 27.7 Å². The largest absolute Gasteiger partial charge is 0.443 e. The van der Waals surface area contributed by atoms with Gasteiger partial charge in [-0.25, -0.2) is 9.69 Å². The number of hydrogen-bond donors (Lipinski definition) is 0. The van der Waals surface area contributed by atoms with Gasteiger partial charge in [0.05, 0.1) is 6.04 Å². The fourth-order valence-corrected chi connectivity index (χ4v) is 6.40. The highest BCUT2D eigenvalue weighted by atomic mass is 16.6. The maximum Gasteiger partial charge on any atom is 0.417 e. The van der Waals surface area contributed by atoms with Crippen molar-refractivity contribution in [2.45, 2.75) is 84.3 Å². The average Bonchev–Trinajstić information content (AvgIpc) is 3.57. The van der Waals surface area contributed by atoms with Crippen molar-refractivity contribution in [1.82, 2.24) is 4.90 Å². The zero-order valence-electron chi connectivity index (χ0n) is 24.0. The number of hydrogen-bond acceptors (Lipinski definition) is 8. The Hall–Kier alpha value is -4.19. The van der Waals surface area contributed by atoms with E-state index < -0.39 is 11.7 Å². The summed E-state index contributed by atoms with van der Waals surface area (Å²) in [5.41, 5.74) is 7.18. The second-order valence-electron chi connectivity index (χ2n) is 11.9. The minimum absolute atomic E-state index is 0.119. The van der Waals surface area contributed by atoms with E-state index in [1.54, 1.807) is 0 Å². The normalized spacial score (nSPS) is 22.6. The molecule has 0 spiro atoms. The van der Waals surface area contributed by atoms with Gasteiger partial charge in [-0.05, 0) is 87.5 Å². The van der Waals surface area contributed by atoms with Crippen LogP contribution in [0.4, 0.5) is 4.79 Å². The Morgan fingerprint density at radius 2 is 1.29 bits per heavy atom. The Kier molecular flexibility index (Phi) is 9.92. The van der Waals surface area contributed by atoms with E-state index in [9.17, 15) is 14.4 Å². The van der Waals surface area contributed by atoms with E-state index in [0.717, 1.165) is 36.8 Å². The Bertz CT molecular complexity index is 1380. The van der Waals surface area contributed by atoms with E-state index in [2.05, 4.69) is 43.3 Å². The van der Waals surface area contributed by atoms with Crippen LogP contribution >= 0.6 is 0 Å². The molecule has 4 aliphatic rings. The minimum Gasteiger partial charge on any atom is -0.443 e. The first kappa shape index (κ1) is 31.3. The monoisotopic (exact) mass is 561 g/mol. The van der Waals surface area contributed by atoms with Crippen LogP contribution in [0, 0.1) is 25.7 Å². The molecule has 0 N–H and O–H groups in total. The van der Waals surface area contributed by atoms with Crippen LogP contribution in [0.1, 0.15) is 85.4 Å². The number of benzene rings is 2. The van der Waals surface area contributed by atoms with Gasteiger partial charge in [-0.15, -0.1) is 0 Å². The van der Waals surface area contributed by atoms with Crippen LogP contribution in [0.2, 0.25) is 0 Å². The topological polar surface area (TPSA) is 132 Å². The maximum absolute atomic E-state index is 12.4. The molecule has 216 valence electrons. The summed E-state index contributed by atoms with van der Waals surface area (Å²) < 4.78 is 5.41. The molecular formula is C32H35NO8. The summed E-state index contributed by atoms with van der Waals surface area (Å²) in [6.07, 6.45) is 4.02. The summed E-state index contributed by atoms with van der Waals surface area (Å²) in [7, 11) is 0. The van der Waals surface area contributed by atoms with Gasteiger partial charge >= 0.3 is 18.4 Å². The Balaban J connectivity index is 0.000000199. The number of rotatable bonds is 0. The van der Waals surface area contributed by atoms with Crippen molar-refractivity contribution in [2.75, 3.05) is 0 Å². The van der Waals surface area contributed by atoms with E-state index in [4.69, 9.17) is 23.9 Å². The highest BCUT2D eigenvalue weighted by molar-refractivity contribution is 5.95. The van der Waals surface area contributed by atoms with Gasteiger partial charge in [-0.2, -0.15) is 19.2 Å². The Labute approximate surface area is 239 Å². The molecule has 9 heteroatoms. The average molecular weight is 562 g/mol. The highest BCUT2D eigenvalue weighted by Crippen LogP contribution is 2.48. The molecule has 4 atom stereocenters. The summed E-state index contributed by atoms with van der Waals surface area (Å²) >= 11 is 0. The molecule has 2 fully saturated rings. The van der Waals surface area contributed by atoms with E-state index in [-0.39, 0.29) is 30.2 Å². The number of nitrogens with zero attached hydrogens (tertiary/aromatic N) is 1. The Morgan fingerprint density at radius 3 is 1.85 bits per heavy atom. The van der Waals surface area contributed by atoms with Crippen LogP contribution in [-0.2, 0) is 46.3 Å². The van der Waals surface area contributed by atoms with Gasteiger partial charge in [0.1, 0.15) is 11.4 Å². The van der Waals surface area contributed by atoms with Crippen molar-refractivity contribution in [2.24, 2.45) is 11.8 Å². The lowest BCUT2D eigenvalue weighted by Gasteiger charge is -2.27. The molecule has 3 aliphatic carbocycles. The van der Waals surface area contributed by atoms with Crippen LogP contribution in [-0.4, -0.2) is 40.6 Å². The fraction of sp³-hybridized carbons (Fsp3) is 0.469. The zero-order chi connectivity index (χ0) is 30.5. The number of fused-ring (bicyclic) bond motifs is 6. The lowest BCUT2D eigenvalue weighted by atomic mass is 9.95. The third-order valence-corrected chi connectivity index (χ3v) is 7.81. The van der Waals surface area contributed by atoms with Crippen molar-refractivity contribution in [3.8, 4) is 0 Å². The van der Waals surface area contributed by atoms with Gasteiger partial charge in [-0.1, -0.05) is 47.5 Å². The molecule has 9 nitrogen and oxygen atoms in total. The predicted octanol–water partition coefficient (Wildman–Crippen LogP) is 4.82. The number of Topliss-reactive ketones (excluding diaryl/α,β-unsaturated/α-hetero) is 1. The van der Waals surface area contributed by atoms with Crippen LogP contribution in [0.5, 0.6) is 0 Å². The molecule has 0 bridgehead atoms. The fourth-order valence-electron chi connectivity index (χ4n) is 6.40.